The SMILES string of the molecule is O=C(Nc1ccc(-c2nc3ccc(F)cc3o2)c(F)c1)c1ccncc1. The second-order valence-electron chi connectivity index (χ2n) is 5.52. The predicted molar refractivity (Wildman–Crippen MR) is 91.6 cm³/mol. The van der Waals surface area contributed by atoms with E-state index in [9.17, 15) is 13.6 Å². The van der Waals surface area contributed by atoms with Crippen molar-refractivity contribution in [2.45, 2.75) is 0 Å². The van der Waals surface area contributed by atoms with Gasteiger partial charge in [-0.1, -0.05) is 0 Å². The van der Waals surface area contributed by atoms with Gasteiger partial charge in [-0.05, 0) is 42.5 Å². The van der Waals surface area contributed by atoms with E-state index in [1.54, 1.807) is 12.1 Å². The Labute approximate surface area is 146 Å². The third-order valence-corrected chi connectivity index (χ3v) is 3.75. The Hall–Kier alpha value is -3.61. The fraction of sp³-hybridized carbons (Fsp3) is 0. The second kappa shape index (κ2) is 6.36. The number of benzene rings is 2. The Balaban J connectivity index is 1.62. The van der Waals surface area contributed by atoms with E-state index in [-0.39, 0.29) is 28.6 Å². The lowest BCUT2D eigenvalue weighted by Crippen LogP contribution is -2.12. The van der Waals surface area contributed by atoms with Crippen LogP contribution in [0.15, 0.2) is 65.3 Å². The number of carbonyl (C=O) groups excluding carboxylic acids is 1. The van der Waals surface area contributed by atoms with Crippen molar-refractivity contribution < 1.29 is 18.0 Å². The van der Waals surface area contributed by atoms with E-state index in [2.05, 4.69) is 15.3 Å². The summed E-state index contributed by atoms with van der Waals surface area (Å²) in [4.78, 5) is 20.1. The molecule has 0 bridgehead atoms. The summed E-state index contributed by atoms with van der Waals surface area (Å²) in [7, 11) is 0. The zero-order chi connectivity index (χ0) is 18.1. The highest BCUT2D eigenvalue weighted by atomic mass is 19.1. The van der Waals surface area contributed by atoms with Gasteiger partial charge >= 0.3 is 0 Å². The maximum atomic E-state index is 14.5. The summed E-state index contributed by atoms with van der Waals surface area (Å²) in [5, 5.41) is 2.60. The van der Waals surface area contributed by atoms with E-state index in [4.69, 9.17) is 4.42 Å². The smallest absolute Gasteiger partial charge is 0.255 e. The second-order valence-corrected chi connectivity index (χ2v) is 5.52. The molecule has 2 heterocycles. The van der Waals surface area contributed by atoms with E-state index in [0.717, 1.165) is 0 Å². The number of rotatable bonds is 3. The molecule has 26 heavy (non-hydrogen) atoms. The number of hydrogen-bond donors (Lipinski definition) is 1. The van der Waals surface area contributed by atoms with Crippen molar-refractivity contribution in [2.75, 3.05) is 5.32 Å². The molecule has 4 rings (SSSR count). The molecule has 1 amide bonds. The first kappa shape index (κ1) is 15.9. The number of nitrogens with zero attached hydrogens (tertiary/aromatic N) is 2. The van der Waals surface area contributed by atoms with Crippen molar-refractivity contribution in [3.05, 3.63) is 78.1 Å². The lowest BCUT2D eigenvalue weighted by molar-refractivity contribution is 0.102. The fourth-order valence-corrected chi connectivity index (χ4v) is 2.49. The van der Waals surface area contributed by atoms with E-state index in [0.29, 0.717) is 11.1 Å². The molecule has 1 N–H and O–H groups in total. The third-order valence-electron chi connectivity index (χ3n) is 3.75. The summed E-state index contributed by atoms with van der Waals surface area (Å²) in [5.41, 5.74) is 1.47. The standard InChI is InChI=1S/C19H11F2N3O2/c20-12-1-4-16-17(9-12)26-19(24-16)14-3-2-13(10-15(14)21)23-18(25)11-5-7-22-8-6-11/h1-10H,(H,23,25). The van der Waals surface area contributed by atoms with Gasteiger partial charge in [-0.15, -0.1) is 0 Å². The van der Waals surface area contributed by atoms with Gasteiger partial charge in [-0.25, -0.2) is 13.8 Å². The molecule has 0 aliphatic carbocycles. The van der Waals surface area contributed by atoms with E-state index in [1.807, 2.05) is 0 Å². The summed E-state index contributed by atoms with van der Waals surface area (Å²) in [6.45, 7) is 0. The van der Waals surface area contributed by atoms with Gasteiger partial charge in [0.2, 0.25) is 5.89 Å². The highest BCUT2D eigenvalue weighted by molar-refractivity contribution is 6.04. The molecule has 0 aliphatic heterocycles. The summed E-state index contributed by atoms with van der Waals surface area (Å²) in [6.07, 6.45) is 2.99. The van der Waals surface area contributed by atoms with Crippen LogP contribution in [0.3, 0.4) is 0 Å². The van der Waals surface area contributed by atoms with Crippen molar-refractivity contribution in [3.63, 3.8) is 0 Å². The third kappa shape index (κ3) is 3.02. The van der Waals surface area contributed by atoms with Crippen LogP contribution in [0.25, 0.3) is 22.6 Å². The molecule has 0 saturated carbocycles. The number of aromatic nitrogens is 2. The van der Waals surface area contributed by atoms with Crippen LogP contribution in [-0.2, 0) is 0 Å². The number of nitrogens with one attached hydrogen (secondary N) is 1. The molecule has 7 heteroatoms. The first-order valence-corrected chi connectivity index (χ1v) is 7.67. The Morgan fingerprint density at radius 2 is 1.81 bits per heavy atom. The van der Waals surface area contributed by atoms with Crippen molar-refractivity contribution in [3.8, 4) is 11.5 Å². The molecule has 4 aromatic rings. The van der Waals surface area contributed by atoms with E-state index < -0.39 is 11.6 Å². The molecule has 0 aliphatic rings. The molecule has 5 nitrogen and oxygen atoms in total. The Morgan fingerprint density at radius 3 is 2.58 bits per heavy atom. The number of pyridine rings is 1. The fourth-order valence-electron chi connectivity index (χ4n) is 2.49. The van der Waals surface area contributed by atoms with Gasteiger partial charge < -0.3 is 9.73 Å². The molecule has 2 aromatic carbocycles. The maximum Gasteiger partial charge on any atom is 0.255 e. The number of fused-ring (bicyclic) bond motifs is 1. The molecule has 128 valence electrons. The minimum Gasteiger partial charge on any atom is -0.436 e. The van der Waals surface area contributed by atoms with E-state index in [1.165, 1.54) is 48.8 Å². The number of anilines is 1. The summed E-state index contributed by atoms with van der Waals surface area (Å²) < 4.78 is 33.1. The molecule has 0 atom stereocenters. The minimum absolute atomic E-state index is 0.0371. The van der Waals surface area contributed by atoms with Crippen molar-refractivity contribution in [1.82, 2.24) is 9.97 Å². The molecular formula is C19H11F2N3O2. The molecule has 0 radical (unpaired) electrons. The van der Waals surface area contributed by atoms with Crippen LogP contribution in [0.5, 0.6) is 0 Å². The average molecular weight is 351 g/mol. The monoisotopic (exact) mass is 351 g/mol. The Morgan fingerprint density at radius 1 is 1.00 bits per heavy atom. The summed E-state index contributed by atoms with van der Waals surface area (Å²) >= 11 is 0. The van der Waals surface area contributed by atoms with Gasteiger partial charge in [0, 0.05) is 29.7 Å². The van der Waals surface area contributed by atoms with Crippen LogP contribution in [0, 0.1) is 11.6 Å². The number of hydrogen-bond acceptors (Lipinski definition) is 4. The molecule has 0 fully saturated rings. The zero-order valence-electron chi connectivity index (χ0n) is 13.2. The summed E-state index contributed by atoms with van der Waals surface area (Å²) in [6, 6.07) is 11.2. The Kier molecular flexibility index (Phi) is 3.89. The first-order valence-electron chi connectivity index (χ1n) is 7.67. The van der Waals surface area contributed by atoms with Crippen LogP contribution in [0.4, 0.5) is 14.5 Å². The van der Waals surface area contributed by atoms with Crippen molar-refractivity contribution >= 4 is 22.7 Å². The molecule has 0 spiro atoms. The lowest BCUT2D eigenvalue weighted by atomic mass is 10.2. The lowest BCUT2D eigenvalue weighted by Gasteiger charge is -2.06. The quantitative estimate of drug-likeness (QED) is 0.593. The normalized spacial score (nSPS) is 10.8. The van der Waals surface area contributed by atoms with Crippen molar-refractivity contribution in [1.29, 1.82) is 0 Å². The van der Waals surface area contributed by atoms with Crippen LogP contribution in [0.2, 0.25) is 0 Å². The number of oxazole rings is 1. The number of carbonyl (C=O) groups is 1. The van der Waals surface area contributed by atoms with Gasteiger partial charge in [0.15, 0.2) is 5.58 Å². The van der Waals surface area contributed by atoms with Crippen LogP contribution >= 0.6 is 0 Å². The maximum absolute atomic E-state index is 14.5. The highest BCUT2D eigenvalue weighted by Gasteiger charge is 2.15. The number of amides is 1. The molecule has 0 saturated heterocycles. The average Bonchev–Trinajstić information content (AvgIpc) is 3.05. The van der Waals surface area contributed by atoms with Gasteiger partial charge in [0.25, 0.3) is 5.91 Å². The predicted octanol–water partition coefficient (Wildman–Crippen LogP) is 4.42. The molecule has 0 unspecified atom stereocenters. The summed E-state index contributed by atoms with van der Waals surface area (Å²) in [5.74, 6) is -1.42. The van der Waals surface area contributed by atoms with Crippen LogP contribution in [-0.4, -0.2) is 15.9 Å². The highest BCUT2D eigenvalue weighted by Crippen LogP contribution is 2.28. The molecule has 2 aromatic heterocycles. The van der Waals surface area contributed by atoms with Gasteiger partial charge in [-0.2, -0.15) is 0 Å². The van der Waals surface area contributed by atoms with Crippen LogP contribution < -0.4 is 5.32 Å². The van der Waals surface area contributed by atoms with Gasteiger partial charge in [0.1, 0.15) is 17.2 Å². The molecular weight excluding hydrogens is 340 g/mol. The van der Waals surface area contributed by atoms with Gasteiger partial charge in [-0.3, -0.25) is 9.78 Å². The zero-order valence-corrected chi connectivity index (χ0v) is 13.2. The topological polar surface area (TPSA) is 68.0 Å². The van der Waals surface area contributed by atoms with Crippen molar-refractivity contribution in [2.24, 2.45) is 0 Å². The minimum atomic E-state index is -0.621. The Bertz CT molecular complexity index is 1110. The van der Waals surface area contributed by atoms with Gasteiger partial charge in [0.05, 0.1) is 5.56 Å². The van der Waals surface area contributed by atoms with E-state index >= 15 is 0 Å². The first-order chi connectivity index (χ1) is 12.6. The number of halogens is 2. The van der Waals surface area contributed by atoms with Crippen LogP contribution in [0.1, 0.15) is 10.4 Å². The largest absolute Gasteiger partial charge is 0.436 e.